The quantitative estimate of drug-likeness (QED) is 0.506. The van der Waals surface area contributed by atoms with Crippen molar-refractivity contribution < 1.29 is 28.6 Å². The Labute approximate surface area is 177 Å². The van der Waals surface area contributed by atoms with E-state index >= 15 is 0 Å². The second kappa shape index (κ2) is 6.46. The Morgan fingerprint density at radius 2 is 1.70 bits per heavy atom. The predicted molar refractivity (Wildman–Crippen MR) is 105 cm³/mol. The highest BCUT2D eigenvalue weighted by molar-refractivity contribution is 5.86. The summed E-state index contributed by atoms with van der Waals surface area (Å²) < 4.78 is 17.7. The molecule has 0 spiro atoms. The molecule has 7 fully saturated rings. The lowest BCUT2D eigenvalue weighted by molar-refractivity contribution is -0.211. The minimum atomic E-state index is -0.533. The molecule has 6 aliphatic carbocycles. The zero-order chi connectivity index (χ0) is 20.8. The van der Waals surface area contributed by atoms with Gasteiger partial charge in [-0.3, -0.25) is 14.4 Å². The first-order valence-corrected chi connectivity index (χ1v) is 12.0. The number of hydrogen-bond donors (Lipinski definition) is 0. The summed E-state index contributed by atoms with van der Waals surface area (Å²) in [5.41, 5.74) is -0.414. The summed E-state index contributed by atoms with van der Waals surface area (Å²) in [5, 5.41) is 0. The van der Waals surface area contributed by atoms with Gasteiger partial charge in [0.15, 0.2) is 0 Å². The van der Waals surface area contributed by atoms with Gasteiger partial charge >= 0.3 is 17.9 Å². The molecule has 0 amide bonds. The molecule has 6 atom stereocenters. The van der Waals surface area contributed by atoms with E-state index < -0.39 is 23.5 Å². The number of fused-ring (bicyclic) bond motifs is 1. The molecule has 7 aliphatic rings. The second-order valence-electron chi connectivity index (χ2n) is 11.1. The summed E-state index contributed by atoms with van der Waals surface area (Å²) in [5.74, 6) is 0.518. The maximum atomic E-state index is 13.6. The average Bonchev–Trinajstić information content (AvgIpc) is 3.29. The summed E-state index contributed by atoms with van der Waals surface area (Å²) in [6.07, 6.45) is 6.89. The molecule has 30 heavy (non-hydrogen) atoms. The standard InChI is InChI=1S/C24H32O6/c1-3-4-17(25)28-20-16-10-15-18(22(26)29-21(15)20)19(16)23(27)30-24(2)13-6-11-5-12(8-13)9-14(24)7-11/h11-16,18-21H,3-10H2,1-2H3. The largest absolute Gasteiger partial charge is 0.459 e. The fourth-order valence-electron chi connectivity index (χ4n) is 8.46. The van der Waals surface area contributed by atoms with Gasteiger partial charge in [0.1, 0.15) is 17.8 Å². The van der Waals surface area contributed by atoms with Crippen LogP contribution in [-0.2, 0) is 28.6 Å². The average molecular weight is 417 g/mol. The molecule has 0 aromatic rings. The highest BCUT2D eigenvalue weighted by Gasteiger charge is 2.71. The van der Waals surface area contributed by atoms with E-state index in [1.54, 1.807) is 0 Å². The zero-order valence-electron chi connectivity index (χ0n) is 17.9. The van der Waals surface area contributed by atoms with Crippen LogP contribution in [0.25, 0.3) is 0 Å². The summed E-state index contributed by atoms with van der Waals surface area (Å²) in [7, 11) is 0. The van der Waals surface area contributed by atoms with E-state index in [2.05, 4.69) is 6.92 Å². The van der Waals surface area contributed by atoms with E-state index in [-0.39, 0.29) is 35.8 Å². The number of esters is 3. The van der Waals surface area contributed by atoms with Crippen molar-refractivity contribution in [2.45, 2.75) is 83.0 Å². The molecule has 164 valence electrons. The van der Waals surface area contributed by atoms with Crippen molar-refractivity contribution in [2.24, 2.45) is 47.3 Å². The minimum Gasteiger partial charge on any atom is -0.459 e. The third-order valence-electron chi connectivity index (χ3n) is 9.62. The summed E-state index contributed by atoms with van der Waals surface area (Å²) >= 11 is 0. The molecule has 1 heterocycles. The van der Waals surface area contributed by atoms with Gasteiger partial charge in [-0.2, -0.15) is 0 Å². The van der Waals surface area contributed by atoms with Crippen molar-refractivity contribution in [3.05, 3.63) is 0 Å². The minimum absolute atomic E-state index is 0.0224. The topological polar surface area (TPSA) is 78.9 Å². The van der Waals surface area contributed by atoms with Crippen LogP contribution in [0.5, 0.6) is 0 Å². The van der Waals surface area contributed by atoms with Crippen LogP contribution >= 0.6 is 0 Å². The lowest BCUT2D eigenvalue weighted by Crippen LogP contribution is -2.59. The lowest BCUT2D eigenvalue weighted by atomic mass is 9.50. The van der Waals surface area contributed by atoms with Gasteiger partial charge < -0.3 is 14.2 Å². The molecule has 6 nitrogen and oxygen atoms in total. The summed E-state index contributed by atoms with van der Waals surface area (Å²) in [4.78, 5) is 38.3. The Bertz CT molecular complexity index is 761. The molecule has 0 aromatic heterocycles. The number of hydrogen-bond acceptors (Lipinski definition) is 6. The van der Waals surface area contributed by atoms with Crippen LogP contribution in [0.4, 0.5) is 0 Å². The molecule has 1 saturated heterocycles. The normalized spacial score (nSPS) is 51.9. The van der Waals surface area contributed by atoms with Gasteiger partial charge in [-0.05, 0) is 75.5 Å². The van der Waals surface area contributed by atoms with Crippen molar-refractivity contribution >= 4 is 17.9 Å². The van der Waals surface area contributed by atoms with Crippen LogP contribution in [0.2, 0.25) is 0 Å². The Morgan fingerprint density at radius 1 is 1.03 bits per heavy atom. The smallest absolute Gasteiger partial charge is 0.310 e. The van der Waals surface area contributed by atoms with Crippen LogP contribution in [0.1, 0.15) is 65.2 Å². The van der Waals surface area contributed by atoms with Crippen LogP contribution in [0.3, 0.4) is 0 Å². The summed E-state index contributed by atoms with van der Waals surface area (Å²) in [6.45, 7) is 4.07. The number of carbonyl (C=O) groups excluding carboxylic acids is 3. The molecule has 6 heteroatoms. The van der Waals surface area contributed by atoms with E-state index in [4.69, 9.17) is 14.2 Å². The van der Waals surface area contributed by atoms with Gasteiger partial charge in [0.2, 0.25) is 0 Å². The first kappa shape index (κ1) is 19.1. The van der Waals surface area contributed by atoms with Gasteiger partial charge in [0, 0.05) is 18.3 Å². The molecular weight excluding hydrogens is 384 g/mol. The van der Waals surface area contributed by atoms with Crippen LogP contribution in [0, 0.1) is 47.3 Å². The third kappa shape index (κ3) is 2.51. The van der Waals surface area contributed by atoms with E-state index in [0.717, 1.165) is 37.5 Å². The first-order valence-electron chi connectivity index (χ1n) is 12.0. The SMILES string of the molecule is CCCC(=O)OC1C2CC3C1OC(=O)C3C2C(=O)OC1(C)C2CC3CC(C2)CC1C3. The second-order valence-corrected chi connectivity index (χ2v) is 11.1. The molecule has 6 bridgehead atoms. The van der Waals surface area contributed by atoms with Crippen molar-refractivity contribution in [2.75, 3.05) is 0 Å². The fourth-order valence-corrected chi connectivity index (χ4v) is 8.46. The molecule has 7 rings (SSSR count). The number of ether oxygens (including phenoxy) is 3. The maximum absolute atomic E-state index is 13.6. The highest BCUT2D eigenvalue weighted by atomic mass is 16.6. The Morgan fingerprint density at radius 3 is 2.33 bits per heavy atom. The number of rotatable bonds is 5. The van der Waals surface area contributed by atoms with Crippen molar-refractivity contribution in [1.29, 1.82) is 0 Å². The van der Waals surface area contributed by atoms with Gasteiger partial charge in [-0.25, -0.2) is 0 Å². The molecular formula is C24H32O6. The highest BCUT2D eigenvalue weighted by Crippen LogP contribution is 2.62. The van der Waals surface area contributed by atoms with E-state index in [1.807, 2.05) is 6.92 Å². The molecule has 6 unspecified atom stereocenters. The Hall–Kier alpha value is -1.59. The van der Waals surface area contributed by atoms with Gasteiger partial charge in [0.25, 0.3) is 0 Å². The molecule has 0 N–H and O–H groups in total. The molecule has 0 radical (unpaired) electrons. The van der Waals surface area contributed by atoms with Crippen molar-refractivity contribution in [3.8, 4) is 0 Å². The van der Waals surface area contributed by atoms with Crippen molar-refractivity contribution in [3.63, 3.8) is 0 Å². The Balaban J connectivity index is 1.23. The molecule has 1 aliphatic heterocycles. The summed E-state index contributed by atoms with van der Waals surface area (Å²) in [6, 6.07) is 0. The van der Waals surface area contributed by atoms with E-state index in [1.165, 1.54) is 6.42 Å². The molecule has 6 saturated carbocycles. The van der Waals surface area contributed by atoms with Crippen LogP contribution in [0.15, 0.2) is 0 Å². The Kier molecular flexibility index (Phi) is 4.12. The van der Waals surface area contributed by atoms with Gasteiger partial charge in [-0.1, -0.05) is 6.92 Å². The van der Waals surface area contributed by atoms with E-state index in [9.17, 15) is 14.4 Å². The first-order chi connectivity index (χ1) is 14.4. The van der Waals surface area contributed by atoms with Crippen LogP contribution in [-0.4, -0.2) is 35.7 Å². The lowest BCUT2D eigenvalue weighted by Gasteiger charge is -2.59. The number of carbonyl (C=O) groups is 3. The van der Waals surface area contributed by atoms with E-state index in [0.29, 0.717) is 31.1 Å². The zero-order valence-corrected chi connectivity index (χ0v) is 17.9. The van der Waals surface area contributed by atoms with Gasteiger partial charge in [-0.15, -0.1) is 0 Å². The molecule has 0 aromatic carbocycles. The maximum Gasteiger partial charge on any atom is 0.310 e. The van der Waals surface area contributed by atoms with Gasteiger partial charge in [0.05, 0.1) is 11.8 Å². The van der Waals surface area contributed by atoms with Crippen molar-refractivity contribution in [1.82, 2.24) is 0 Å². The monoisotopic (exact) mass is 416 g/mol. The predicted octanol–water partition coefficient (Wildman–Crippen LogP) is 3.26. The van der Waals surface area contributed by atoms with Crippen LogP contribution < -0.4 is 0 Å². The fraction of sp³-hybridized carbons (Fsp3) is 0.875. The third-order valence-corrected chi connectivity index (χ3v) is 9.62.